The van der Waals surface area contributed by atoms with Crippen LogP contribution >= 0.6 is 0 Å². The van der Waals surface area contributed by atoms with Gasteiger partial charge in [0, 0.05) is 30.6 Å². The molecule has 0 amide bonds. The van der Waals surface area contributed by atoms with E-state index in [0.29, 0.717) is 23.7 Å². The predicted molar refractivity (Wildman–Crippen MR) is 125 cm³/mol. The van der Waals surface area contributed by atoms with Crippen molar-refractivity contribution in [2.75, 3.05) is 0 Å². The molecule has 0 unspecified atom stereocenters. The van der Waals surface area contributed by atoms with E-state index in [0.717, 1.165) is 46.1 Å². The first kappa shape index (κ1) is 26.7. The van der Waals surface area contributed by atoms with Crippen LogP contribution in [0.2, 0.25) is 0 Å². The van der Waals surface area contributed by atoms with Gasteiger partial charge in [0.05, 0.1) is 17.1 Å². The molecular weight excluding hydrogens is 390 g/mol. The molecule has 3 rings (SSSR count). The lowest BCUT2D eigenvalue weighted by atomic mass is 10.1. The third-order valence-corrected chi connectivity index (χ3v) is 4.64. The Morgan fingerprint density at radius 3 is 1.29 bits per heavy atom. The van der Waals surface area contributed by atoms with E-state index in [4.69, 9.17) is 13.3 Å². The predicted octanol–water partition coefficient (Wildman–Crippen LogP) is 7.75. The highest BCUT2D eigenvalue weighted by Crippen LogP contribution is 2.23. The van der Waals surface area contributed by atoms with Gasteiger partial charge < -0.3 is 13.3 Å². The molecule has 6 nitrogen and oxygen atoms in total. The zero-order valence-corrected chi connectivity index (χ0v) is 21.5. The smallest absolute Gasteiger partial charge is 0.197 e. The van der Waals surface area contributed by atoms with Gasteiger partial charge in [0.1, 0.15) is 17.3 Å². The molecule has 0 saturated carbocycles. The summed E-state index contributed by atoms with van der Waals surface area (Å²) in [5.41, 5.74) is 3.06. The van der Waals surface area contributed by atoms with Crippen LogP contribution in [0.1, 0.15) is 125 Å². The van der Waals surface area contributed by atoms with Crippen LogP contribution < -0.4 is 0 Å². The van der Waals surface area contributed by atoms with Gasteiger partial charge in [0.25, 0.3) is 0 Å². The second-order valence-electron chi connectivity index (χ2n) is 9.11. The van der Waals surface area contributed by atoms with Crippen molar-refractivity contribution in [1.82, 2.24) is 15.0 Å². The van der Waals surface area contributed by atoms with Crippen molar-refractivity contribution in [3.05, 3.63) is 52.5 Å². The SMILES string of the molecule is Cc1nc(C(C)C)oc1C(C)C.Cc1nc(C)c(C(C)C)o1.Cc1ncoc1C(C)C. The molecule has 3 aromatic heterocycles. The first-order chi connectivity index (χ1) is 14.3. The summed E-state index contributed by atoms with van der Waals surface area (Å²) in [6.45, 7) is 24.6. The number of hydrogen-bond acceptors (Lipinski definition) is 6. The molecule has 0 spiro atoms. The molecule has 3 aromatic rings. The third-order valence-electron chi connectivity index (χ3n) is 4.64. The Morgan fingerprint density at radius 2 is 1.06 bits per heavy atom. The van der Waals surface area contributed by atoms with Gasteiger partial charge in [-0.3, -0.25) is 0 Å². The molecule has 3 heterocycles. The largest absolute Gasteiger partial charge is 0.448 e. The Balaban J connectivity index is 0.000000235. The van der Waals surface area contributed by atoms with Crippen LogP contribution in [-0.2, 0) is 0 Å². The van der Waals surface area contributed by atoms with Crippen molar-refractivity contribution in [2.24, 2.45) is 0 Å². The fraction of sp³-hybridized carbons (Fsp3) is 0.640. The number of hydrogen-bond donors (Lipinski definition) is 0. The topological polar surface area (TPSA) is 78.1 Å². The fourth-order valence-corrected chi connectivity index (χ4v) is 3.16. The molecule has 0 saturated heterocycles. The molecule has 0 radical (unpaired) electrons. The van der Waals surface area contributed by atoms with Crippen LogP contribution in [0.25, 0.3) is 0 Å². The Hall–Kier alpha value is -2.37. The maximum absolute atomic E-state index is 5.63. The van der Waals surface area contributed by atoms with Gasteiger partial charge in [0.15, 0.2) is 18.2 Å². The van der Waals surface area contributed by atoms with Crippen molar-refractivity contribution in [2.45, 2.75) is 107 Å². The number of nitrogens with zero attached hydrogens (tertiary/aromatic N) is 3. The van der Waals surface area contributed by atoms with E-state index < -0.39 is 0 Å². The van der Waals surface area contributed by atoms with E-state index in [1.165, 1.54) is 6.39 Å². The lowest BCUT2D eigenvalue weighted by Gasteiger charge is -1.99. The summed E-state index contributed by atoms with van der Waals surface area (Å²) in [4.78, 5) is 12.5. The maximum atomic E-state index is 5.63. The molecule has 0 N–H and O–H groups in total. The van der Waals surface area contributed by atoms with E-state index in [-0.39, 0.29) is 0 Å². The van der Waals surface area contributed by atoms with Gasteiger partial charge in [-0.05, 0) is 20.8 Å². The Bertz CT molecular complexity index is 914. The molecule has 31 heavy (non-hydrogen) atoms. The van der Waals surface area contributed by atoms with Gasteiger partial charge in [-0.1, -0.05) is 55.4 Å². The first-order valence-corrected chi connectivity index (χ1v) is 11.2. The molecule has 0 aromatic carbocycles. The Labute approximate surface area is 187 Å². The highest BCUT2D eigenvalue weighted by atomic mass is 16.4. The van der Waals surface area contributed by atoms with Gasteiger partial charge >= 0.3 is 0 Å². The van der Waals surface area contributed by atoms with Gasteiger partial charge in [-0.15, -0.1) is 0 Å². The lowest BCUT2D eigenvalue weighted by Crippen LogP contribution is -1.86. The minimum absolute atomic E-state index is 0.385. The number of rotatable bonds is 4. The molecule has 0 atom stereocenters. The zero-order valence-electron chi connectivity index (χ0n) is 21.5. The quantitative estimate of drug-likeness (QED) is 0.420. The van der Waals surface area contributed by atoms with E-state index >= 15 is 0 Å². The van der Waals surface area contributed by atoms with Crippen LogP contribution in [0.5, 0.6) is 0 Å². The van der Waals surface area contributed by atoms with Crippen LogP contribution in [0, 0.1) is 27.7 Å². The number of aryl methyl sites for hydroxylation is 4. The van der Waals surface area contributed by atoms with Crippen LogP contribution in [0.15, 0.2) is 19.6 Å². The van der Waals surface area contributed by atoms with Gasteiger partial charge in [-0.25, -0.2) is 15.0 Å². The van der Waals surface area contributed by atoms with Crippen molar-refractivity contribution in [3.63, 3.8) is 0 Å². The summed E-state index contributed by atoms with van der Waals surface area (Å²) in [6, 6.07) is 0. The number of oxazole rings is 3. The molecule has 174 valence electrons. The van der Waals surface area contributed by atoms with E-state index in [9.17, 15) is 0 Å². The highest BCUT2D eigenvalue weighted by Gasteiger charge is 2.14. The lowest BCUT2D eigenvalue weighted by molar-refractivity contribution is 0.421. The maximum Gasteiger partial charge on any atom is 0.197 e. The summed E-state index contributed by atoms with van der Waals surface area (Å²) in [5, 5.41) is 0. The van der Waals surface area contributed by atoms with Crippen molar-refractivity contribution >= 4 is 0 Å². The minimum atomic E-state index is 0.385. The number of aromatic nitrogens is 3. The molecule has 0 aliphatic heterocycles. The molecule has 0 aliphatic carbocycles. The summed E-state index contributed by atoms with van der Waals surface area (Å²) in [7, 11) is 0. The summed E-state index contributed by atoms with van der Waals surface area (Å²) in [5.74, 6) is 6.37. The van der Waals surface area contributed by atoms with Crippen molar-refractivity contribution in [3.8, 4) is 0 Å². The molecular formula is C25H41N3O3. The molecule has 0 aliphatic rings. The van der Waals surface area contributed by atoms with Crippen molar-refractivity contribution < 1.29 is 13.3 Å². The van der Waals surface area contributed by atoms with E-state index in [2.05, 4.69) is 70.3 Å². The Kier molecular flexibility index (Phi) is 10.2. The fourth-order valence-electron chi connectivity index (χ4n) is 3.16. The average Bonchev–Trinajstić information content (AvgIpc) is 3.34. The van der Waals surface area contributed by atoms with Gasteiger partial charge in [-0.2, -0.15) is 0 Å². The highest BCUT2D eigenvalue weighted by molar-refractivity contribution is 5.13. The molecule has 0 fully saturated rings. The van der Waals surface area contributed by atoms with Gasteiger partial charge in [0.2, 0.25) is 0 Å². The van der Waals surface area contributed by atoms with E-state index in [1.54, 1.807) is 0 Å². The average molecular weight is 432 g/mol. The van der Waals surface area contributed by atoms with E-state index in [1.807, 2.05) is 27.7 Å². The first-order valence-electron chi connectivity index (χ1n) is 11.2. The minimum Gasteiger partial charge on any atom is -0.448 e. The Morgan fingerprint density at radius 1 is 0.581 bits per heavy atom. The second kappa shape index (κ2) is 11.9. The van der Waals surface area contributed by atoms with Crippen LogP contribution in [0.4, 0.5) is 0 Å². The summed E-state index contributed by atoms with van der Waals surface area (Å²) >= 11 is 0. The third kappa shape index (κ3) is 8.00. The monoisotopic (exact) mass is 431 g/mol. The van der Waals surface area contributed by atoms with Crippen LogP contribution in [-0.4, -0.2) is 15.0 Å². The molecule has 6 heteroatoms. The zero-order chi connectivity index (χ0) is 23.9. The summed E-state index contributed by atoms with van der Waals surface area (Å²) < 4.78 is 16.1. The normalized spacial score (nSPS) is 11.1. The second-order valence-corrected chi connectivity index (χ2v) is 9.11. The van der Waals surface area contributed by atoms with Crippen LogP contribution in [0.3, 0.4) is 0 Å². The summed E-state index contributed by atoms with van der Waals surface area (Å²) in [6.07, 6.45) is 1.49. The van der Waals surface area contributed by atoms with Crippen molar-refractivity contribution in [1.29, 1.82) is 0 Å². The molecule has 0 bridgehead atoms. The standard InChI is InChI=1S/C10H17NO.C8H13NO.C7H11NO/c1-6(2)9-8(5)11-10(12-9)7(3)4;1-5(2)8-6(3)9-7(4)10-8;1-5(2)7-6(3)8-4-9-7/h6-7H,1-5H3;5H,1-4H3;4-5H,1-3H3.